The number of alkyl halides is 4. The molecule has 1 aliphatic rings. The van der Waals surface area contributed by atoms with Crippen molar-refractivity contribution in [3.63, 3.8) is 0 Å². The number of rotatable bonds is 3. The lowest BCUT2D eigenvalue weighted by Crippen LogP contribution is -2.47. The van der Waals surface area contributed by atoms with Crippen molar-refractivity contribution in [1.29, 1.82) is 0 Å². The van der Waals surface area contributed by atoms with Crippen LogP contribution in [0.25, 0.3) is 0 Å². The molecule has 0 amide bonds. The summed E-state index contributed by atoms with van der Waals surface area (Å²) in [6, 6.07) is 0. The molecule has 0 saturated carbocycles. The molecule has 0 radical (unpaired) electrons. The van der Waals surface area contributed by atoms with Crippen molar-refractivity contribution < 1.29 is 17.9 Å². The summed E-state index contributed by atoms with van der Waals surface area (Å²) >= 11 is 3.03. The zero-order valence-electron chi connectivity index (χ0n) is 9.59. The topological polar surface area (TPSA) is 35.2 Å². The standard InChI is InChI=1S/C11H15BrF3NO/c1-7(2)5-8-3-4-10(12,16)9(6-8)17-11(13,14)15/h3-4,6-7,9H,5,16H2,1-2H3. The molecule has 98 valence electrons. The molecule has 17 heavy (non-hydrogen) atoms. The van der Waals surface area contributed by atoms with Crippen LogP contribution in [0.1, 0.15) is 20.3 Å². The summed E-state index contributed by atoms with van der Waals surface area (Å²) in [4.78, 5) is 0. The molecular formula is C11H15BrF3NO. The van der Waals surface area contributed by atoms with E-state index in [1.165, 1.54) is 12.2 Å². The lowest BCUT2D eigenvalue weighted by molar-refractivity contribution is -0.338. The molecule has 2 nitrogen and oxygen atoms in total. The van der Waals surface area contributed by atoms with E-state index in [-0.39, 0.29) is 0 Å². The minimum absolute atomic E-state index is 0.359. The third-order valence-corrected chi connectivity index (χ3v) is 2.97. The maximum atomic E-state index is 12.2. The zero-order valence-corrected chi connectivity index (χ0v) is 11.2. The molecule has 0 aromatic carbocycles. The van der Waals surface area contributed by atoms with Gasteiger partial charge >= 0.3 is 6.36 Å². The first kappa shape index (κ1) is 14.7. The van der Waals surface area contributed by atoms with Crippen molar-refractivity contribution in [2.75, 3.05) is 0 Å². The van der Waals surface area contributed by atoms with Gasteiger partial charge in [-0.25, -0.2) is 0 Å². The van der Waals surface area contributed by atoms with Crippen LogP contribution in [0.2, 0.25) is 0 Å². The second-order valence-corrected chi connectivity index (χ2v) is 5.86. The molecule has 2 atom stereocenters. The van der Waals surface area contributed by atoms with Gasteiger partial charge in [-0.2, -0.15) is 0 Å². The highest BCUT2D eigenvalue weighted by molar-refractivity contribution is 9.10. The van der Waals surface area contributed by atoms with E-state index in [9.17, 15) is 13.2 Å². The summed E-state index contributed by atoms with van der Waals surface area (Å²) in [6.45, 7) is 3.99. The van der Waals surface area contributed by atoms with Crippen LogP contribution in [0, 0.1) is 5.92 Å². The van der Waals surface area contributed by atoms with Gasteiger partial charge in [-0.05, 0) is 24.0 Å². The highest BCUT2D eigenvalue weighted by Crippen LogP contribution is 2.33. The zero-order chi connectivity index (χ0) is 13.3. The Balaban J connectivity index is 2.83. The highest BCUT2D eigenvalue weighted by atomic mass is 79.9. The Morgan fingerprint density at radius 3 is 2.59 bits per heavy atom. The fourth-order valence-electron chi connectivity index (χ4n) is 1.58. The third kappa shape index (κ3) is 4.81. The third-order valence-electron chi connectivity index (χ3n) is 2.26. The van der Waals surface area contributed by atoms with E-state index in [1.807, 2.05) is 13.8 Å². The number of halogens is 4. The van der Waals surface area contributed by atoms with Crippen molar-refractivity contribution in [2.24, 2.45) is 11.7 Å². The smallest absolute Gasteiger partial charge is 0.311 e. The Kier molecular flexibility index (Phi) is 4.43. The summed E-state index contributed by atoms with van der Waals surface area (Å²) in [6.07, 6.45) is -0.625. The van der Waals surface area contributed by atoms with Crippen LogP contribution in [-0.4, -0.2) is 16.9 Å². The molecule has 0 aromatic heterocycles. The molecule has 0 aromatic rings. The van der Waals surface area contributed by atoms with Gasteiger partial charge in [-0.15, -0.1) is 13.2 Å². The summed E-state index contributed by atoms with van der Waals surface area (Å²) in [7, 11) is 0. The molecule has 0 saturated heterocycles. The number of hydrogen-bond donors (Lipinski definition) is 1. The van der Waals surface area contributed by atoms with E-state index in [1.54, 1.807) is 6.08 Å². The van der Waals surface area contributed by atoms with Gasteiger partial charge in [0.1, 0.15) is 10.6 Å². The molecule has 1 rings (SSSR count). The molecule has 0 bridgehead atoms. The van der Waals surface area contributed by atoms with Gasteiger partial charge in [0.2, 0.25) is 0 Å². The predicted molar refractivity (Wildman–Crippen MR) is 63.5 cm³/mol. The summed E-state index contributed by atoms with van der Waals surface area (Å²) in [5.74, 6) is 0.359. The summed E-state index contributed by atoms with van der Waals surface area (Å²) in [5.41, 5.74) is 6.48. The van der Waals surface area contributed by atoms with E-state index in [0.29, 0.717) is 12.3 Å². The van der Waals surface area contributed by atoms with Gasteiger partial charge in [-0.3, -0.25) is 4.74 Å². The van der Waals surface area contributed by atoms with E-state index in [0.717, 1.165) is 5.57 Å². The maximum Gasteiger partial charge on any atom is 0.523 e. The van der Waals surface area contributed by atoms with Gasteiger partial charge in [0.25, 0.3) is 0 Å². The lowest BCUT2D eigenvalue weighted by atomic mass is 9.94. The van der Waals surface area contributed by atoms with E-state index in [4.69, 9.17) is 5.73 Å². The second kappa shape index (κ2) is 5.12. The number of hydrogen-bond acceptors (Lipinski definition) is 2. The molecule has 6 heteroatoms. The lowest BCUT2D eigenvalue weighted by Gasteiger charge is -2.31. The van der Waals surface area contributed by atoms with E-state index >= 15 is 0 Å². The van der Waals surface area contributed by atoms with Gasteiger partial charge in [0.15, 0.2) is 0 Å². The molecule has 0 heterocycles. The first-order valence-electron chi connectivity index (χ1n) is 5.22. The molecule has 0 spiro atoms. The van der Waals surface area contributed by atoms with Crippen LogP contribution in [0.5, 0.6) is 0 Å². The van der Waals surface area contributed by atoms with Crippen molar-refractivity contribution in [1.82, 2.24) is 0 Å². The van der Waals surface area contributed by atoms with Crippen LogP contribution in [-0.2, 0) is 4.74 Å². The van der Waals surface area contributed by atoms with Crippen LogP contribution in [0.15, 0.2) is 23.8 Å². The monoisotopic (exact) mass is 313 g/mol. The minimum atomic E-state index is -4.70. The van der Waals surface area contributed by atoms with Crippen LogP contribution < -0.4 is 5.73 Å². The van der Waals surface area contributed by atoms with Crippen molar-refractivity contribution in [2.45, 2.75) is 37.2 Å². The average Bonchev–Trinajstić information content (AvgIpc) is 2.08. The normalized spacial score (nSPS) is 29.6. The first-order valence-corrected chi connectivity index (χ1v) is 6.02. The Hall–Kier alpha value is -0.330. The molecule has 1 aliphatic carbocycles. The molecular weight excluding hydrogens is 299 g/mol. The Labute approximate surface area is 107 Å². The van der Waals surface area contributed by atoms with Crippen LogP contribution in [0.4, 0.5) is 13.2 Å². The second-order valence-electron chi connectivity index (χ2n) is 4.48. The Bertz CT molecular complexity index is 334. The minimum Gasteiger partial charge on any atom is -0.311 e. The molecule has 0 fully saturated rings. The number of allylic oxidation sites excluding steroid dienone is 2. The average molecular weight is 314 g/mol. The fraction of sp³-hybridized carbons (Fsp3) is 0.636. The summed E-state index contributed by atoms with van der Waals surface area (Å²) < 4.78 is 39.4. The van der Waals surface area contributed by atoms with E-state index in [2.05, 4.69) is 20.7 Å². The molecule has 2 N–H and O–H groups in total. The highest BCUT2D eigenvalue weighted by Gasteiger charge is 2.41. The van der Waals surface area contributed by atoms with Gasteiger partial charge < -0.3 is 5.73 Å². The van der Waals surface area contributed by atoms with Crippen molar-refractivity contribution in [3.8, 4) is 0 Å². The largest absolute Gasteiger partial charge is 0.523 e. The van der Waals surface area contributed by atoms with Crippen LogP contribution in [0.3, 0.4) is 0 Å². The molecule has 0 aliphatic heterocycles. The number of nitrogens with two attached hydrogens (primary N) is 1. The Morgan fingerprint density at radius 2 is 2.12 bits per heavy atom. The van der Waals surface area contributed by atoms with E-state index < -0.39 is 16.9 Å². The quantitative estimate of drug-likeness (QED) is 0.639. The van der Waals surface area contributed by atoms with Crippen LogP contribution >= 0.6 is 15.9 Å². The van der Waals surface area contributed by atoms with Gasteiger partial charge in [-0.1, -0.05) is 41.9 Å². The van der Waals surface area contributed by atoms with Gasteiger partial charge in [0.05, 0.1) is 0 Å². The first-order chi connectivity index (χ1) is 7.60. The maximum absolute atomic E-state index is 12.2. The Morgan fingerprint density at radius 1 is 1.53 bits per heavy atom. The molecule has 2 unspecified atom stereocenters. The SMILES string of the molecule is CC(C)CC1=CC(OC(F)(F)F)C(N)(Br)C=C1. The predicted octanol–water partition coefficient (Wildman–Crippen LogP) is 3.48. The number of ether oxygens (including phenoxy) is 1. The van der Waals surface area contributed by atoms with Gasteiger partial charge in [0, 0.05) is 0 Å². The van der Waals surface area contributed by atoms with Crippen molar-refractivity contribution in [3.05, 3.63) is 23.8 Å². The fourth-order valence-corrected chi connectivity index (χ4v) is 1.94. The summed E-state index contributed by atoms with van der Waals surface area (Å²) in [5, 5.41) is 0. The van der Waals surface area contributed by atoms with Crippen molar-refractivity contribution >= 4 is 15.9 Å².